The summed E-state index contributed by atoms with van der Waals surface area (Å²) in [5.74, 6) is 0.793. The summed E-state index contributed by atoms with van der Waals surface area (Å²) in [6, 6.07) is 22.5. The highest BCUT2D eigenvalue weighted by Gasteiger charge is 2.34. The molecule has 3 aromatic carbocycles. The van der Waals surface area contributed by atoms with Gasteiger partial charge in [-0.05, 0) is 59.8 Å². The summed E-state index contributed by atoms with van der Waals surface area (Å²) < 4.78 is 10.7. The Morgan fingerprint density at radius 1 is 0.968 bits per heavy atom. The van der Waals surface area contributed by atoms with E-state index in [1.165, 1.54) is 18.9 Å². The number of anilines is 1. The van der Waals surface area contributed by atoms with Gasteiger partial charge in [0.2, 0.25) is 0 Å². The molecule has 1 aliphatic heterocycles. The van der Waals surface area contributed by atoms with Crippen LogP contribution in [0, 0.1) is 0 Å². The number of halogens is 1. The van der Waals surface area contributed by atoms with Crippen LogP contribution in [0.2, 0.25) is 5.02 Å². The zero-order valence-corrected chi connectivity index (χ0v) is 18.5. The minimum absolute atomic E-state index is 0.156. The van der Waals surface area contributed by atoms with Crippen LogP contribution in [0.25, 0.3) is 6.08 Å². The van der Waals surface area contributed by atoms with Crippen LogP contribution in [0.1, 0.15) is 5.56 Å². The molecule has 0 aromatic heterocycles. The van der Waals surface area contributed by atoms with Gasteiger partial charge in [0.15, 0.2) is 16.7 Å². The summed E-state index contributed by atoms with van der Waals surface area (Å²) in [6.45, 7) is 0. The van der Waals surface area contributed by atoms with Crippen molar-refractivity contribution in [3.05, 3.63) is 88.3 Å². The Morgan fingerprint density at radius 3 is 2.29 bits per heavy atom. The van der Waals surface area contributed by atoms with Gasteiger partial charge in [-0.3, -0.25) is 9.69 Å². The Labute approximate surface area is 190 Å². The van der Waals surface area contributed by atoms with E-state index in [0.29, 0.717) is 26.6 Å². The average molecular weight is 451 g/mol. The van der Waals surface area contributed by atoms with Crippen LogP contribution in [-0.4, -0.2) is 25.3 Å². The van der Waals surface area contributed by atoms with E-state index in [4.69, 9.17) is 26.1 Å². The normalized spacial score (nSPS) is 16.2. The standard InChI is InChI=1S/C24H19ClN2O3S/c1-29-20-14-16(13-19(25)22(20)30-2)15-21-23(28)27(18-11-7-4-8-12-18)24(31-21)26-17-9-5-3-6-10-17/h3-15H,1-2H3/b21-15+,26-24?. The zero-order valence-electron chi connectivity index (χ0n) is 16.9. The lowest BCUT2D eigenvalue weighted by molar-refractivity contribution is -0.113. The fraction of sp³-hybridized carbons (Fsp3) is 0.0833. The molecule has 0 aliphatic carbocycles. The monoisotopic (exact) mass is 450 g/mol. The molecule has 1 fully saturated rings. The molecule has 0 N–H and O–H groups in total. The minimum atomic E-state index is -0.156. The SMILES string of the molecule is COc1cc(/C=C2/SC(=Nc3ccccc3)N(c3ccccc3)C2=O)cc(Cl)c1OC. The number of carbonyl (C=O) groups excluding carboxylic acids is 1. The van der Waals surface area contributed by atoms with Gasteiger partial charge in [-0.25, -0.2) is 4.99 Å². The van der Waals surface area contributed by atoms with Gasteiger partial charge in [0, 0.05) is 0 Å². The van der Waals surface area contributed by atoms with Crippen LogP contribution < -0.4 is 14.4 Å². The number of para-hydroxylation sites is 2. The van der Waals surface area contributed by atoms with E-state index >= 15 is 0 Å². The van der Waals surface area contributed by atoms with Crippen molar-refractivity contribution in [1.29, 1.82) is 0 Å². The van der Waals surface area contributed by atoms with Gasteiger partial charge >= 0.3 is 0 Å². The molecular weight excluding hydrogens is 432 g/mol. The first kappa shape index (κ1) is 21.0. The number of benzene rings is 3. The highest BCUT2D eigenvalue weighted by Crippen LogP contribution is 2.40. The maximum Gasteiger partial charge on any atom is 0.271 e. The van der Waals surface area contributed by atoms with E-state index in [2.05, 4.69) is 0 Å². The smallest absolute Gasteiger partial charge is 0.271 e. The Kier molecular flexibility index (Phi) is 6.30. The molecule has 156 valence electrons. The van der Waals surface area contributed by atoms with Crippen LogP contribution in [0.5, 0.6) is 11.5 Å². The van der Waals surface area contributed by atoms with E-state index in [-0.39, 0.29) is 5.91 Å². The molecule has 0 bridgehead atoms. The third-order valence-corrected chi connectivity index (χ3v) is 5.80. The van der Waals surface area contributed by atoms with Crippen molar-refractivity contribution >= 4 is 51.9 Å². The Bertz CT molecular complexity index is 1160. The highest BCUT2D eigenvalue weighted by atomic mass is 35.5. The summed E-state index contributed by atoms with van der Waals surface area (Å²) in [4.78, 5) is 20.2. The predicted molar refractivity (Wildman–Crippen MR) is 128 cm³/mol. The lowest BCUT2D eigenvalue weighted by Gasteiger charge is -2.15. The first-order chi connectivity index (χ1) is 15.1. The molecule has 5 nitrogen and oxygen atoms in total. The number of thioether (sulfide) groups is 1. The van der Waals surface area contributed by atoms with Gasteiger partial charge in [-0.2, -0.15) is 0 Å². The third kappa shape index (κ3) is 4.45. The molecule has 0 unspecified atom stereocenters. The number of amides is 1. The lowest BCUT2D eigenvalue weighted by atomic mass is 10.1. The van der Waals surface area contributed by atoms with Crippen LogP contribution in [0.3, 0.4) is 0 Å². The number of amidine groups is 1. The number of hydrogen-bond acceptors (Lipinski definition) is 5. The van der Waals surface area contributed by atoms with Crippen molar-refractivity contribution < 1.29 is 14.3 Å². The van der Waals surface area contributed by atoms with Crippen molar-refractivity contribution in [2.24, 2.45) is 4.99 Å². The molecule has 1 amide bonds. The molecular formula is C24H19ClN2O3S. The van der Waals surface area contributed by atoms with Gasteiger partial charge in [-0.1, -0.05) is 48.0 Å². The molecule has 0 saturated carbocycles. The average Bonchev–Trinajstić information content (AvgIpc) is 3.09. The van der Waals surface area contributed by atoms with Gasteiger partial charge in [0.05, 0.1) is 35.5 Å². The van der Waals surface area contributed by atoms with Gasteiger partial charge in [-0.15, -0.1) is 0 Å². The molecule has 1 heterocycles. The van der Waals surface area contributed by atoms with Crippen LogP contribution in [-0.2, 0) is 4.79 Å². The Morgan fingerprint density at radius 2 is 1.65 bits per heavy atom. The number of nitrogens with zero attached hydrogens (tertiary/aromatic N) is 2. The highest BCUT2D eigenvalue weighted by molar-refractivity contribution is 8.19. The van der Waals surface area contributed by atoms with Crippen LogP contribution in [0.15, 0.2) is 82.7 Å². The first-order valence-electron chi connectivity index (χ1n) is 9.45. The fourth-order valence-corrected chi connectivity index (χ4v) is 4.44. The maximum absolute atomic E-state index is 13.3. The fourth-order valence-electron chi connectivity index (χ4n) is 3.14. The molecule has 7 heteroatoms. The van der Waals surface area contributed by atoms with E-state index in [1.54, 1.807) is 30.2 Å². The second-order valence-electron chi connectivity index (χ2n) is 6.55. The van der Waals surface area contributed by atoms with Crippen molar-refractivity contribution in [3.8, 4) is 11.5 Å². The molecule has 1 saturated heterocycles. The number of ether oxygens (including phenoxy) is 2. The summed E-state index contributed by atoms with van der Waals surface area (Å²) in [5.41, 5.74) is 2.25. The molecule has 1 aliphatic rings. The van der Waals surface area contributed by atoms with Gasteiger partial charge < -0.3 is 9.47 Å². The summed E-state index contributed by atoms with van der Waals surface area (Å²) >= 11 is 7.65. The number of carbonyl (C=O) groups is 1. The Hall–Kier alpha value is -3.22. The molecule has 4 rings (SSSR count). The van der Waals surface area contributed by atoms with E-state index in [9.17, 15) is 4.79 Å². The predicted octanol–water partition coefficient (Wildman–Crippen LogP) is 6.17. The molecule has 31 heavy (non-hydrogen) atoms. The second kappa shape index (κ2) is 9.29. The molecule has 3 aromatic rings. The van der Waals surface area contributed by atoms with Crippen LogP contribution >= 0.6 is 23.4 Å². The van der Waals surface area contributed by atoms with Crippen LogP contribution in [0.4, 0.5) is 11.4 Å². The van der Waals surface area contributed by atoms with Crippen molar-refractivity contribution in [3.63, 3.8) is 0 Å². The van der Waals surface area contributed by atoms with E-state index in [1.807, 2.05) is 60.7 Å². The number of methoxy groups -OCH3 is 2. The van der Waals surface area contributed by atoms with E-state index in [0.717, 1.165) is 16.9 Å². The van der Waals surface area contributed by atoms with Crippen molar-refractivity contribution in [1.82, 2.24) is 0 Å². The molecule has 0 radical (unpaired) electrons. The molecule has 0 atom stereocenters. The van der Waals surface area contributed by atoms with Crippen molar-refractivity contribution in [2.45, 2.75) is 0 Å². The van der Waals surface area contributed by atoms with Gasteiger partial charge in [0.25, 0.3) is 5.91 Å². The summed E-state index contributed by atoms with van der Waals surface area (Å²) in [6.07, 6.45) is 1.78. The second-order valence-corrected chi connectivity index (χ2v) is 7.97. The number of hydrogen-bond donors (Lipinski definition) is 0. The maximum atomic E-state index is 13.3. The third-order valence-electron chi connectivity index (χ3n) is 4.56. The minimum Gasteiger partial charge on any atom is -0.493 e. The molecule has 0 spiro atoms. The topological polar surface area (TPSA) is 51.1 Å². The van der Waals surface area contributed by atoms with Gasteiger partial charge in [0.1, 0.15) is 0 Å². The van der Waals surface area contributed by atoms with E-state index < -0.39 is 0 Å². The summed E-state index contributed by atoms with van der Waals surface area (Å²) in [5, 5.41) is 0.988. The quantitative estimate of drug-likeness (QED) is 0.436. The summed E-state index contributed by atoms with van der Waals surface area (Å²) in [7, 11) is 3.07. The Balaban J connectivity index is 1.77. The van der Waals surface area contributed by atoms with Crippen molar-refractivity contribution in [2.75, 3.05) is 19.1 Å². The zero-order chi connectivity index (χ0) is 21.8. The number of rotatable bonds is 5. The first-order valence-corrected chi connectivity index (χ1v) is 10.6. The number of aliphatic imine (C=N–C) groups is 1. The largest absolute Gasteiger partial charge is 0.493 e. The lowest BCUT2D eigenvalue weighted by Crippen LogP contribution is -2.28.